The van der Waals surface area contributed by atoms with Crippen LogP contribution in [0.3, 0.4) is 0 Å². The molecule has 0 aromatic rings. The molecule has 1 rings (SSSR count). The average molecular weight is 301 g/mol. The molecule has 0 unspecified atom stereocenters. The molecule has 0 bridgehead atoms. The van der Waals surface area contributed by atoms with Crippen LogP contribution in [0.5, 0.6) is 0 Å². The summed E-state index contributed by atoms with van der Waals surface area (Å²) in [5.74, 6) is -0.334. The van der Waals surface area contributed by atoms with E-state index in [1.807, 2.05) is 0 Å². The minimum absolute atomic E-state index is 0.0211. The molecule has 0 atom stereocenters. The summed E-state index contributed by atoms with van der Waals surface area (Å²) in [6, 6.07) is 0. The van der Waals surface area contributed by atoms with E-state index in [4.69, 9.17) is 5.41 Å². The number of guanidine groups is 1. The lowest BCUT2D eigenvalue weighted by atomic mass is 10.4. The Labute approximate surface area is 104 Å². The van der Waals surface area contributed by atoms with Gasteiger partial charge in [-0.1, -0.05) is 0 Å². The molecule has 18 heavy (non-hydrogen) atoms. The van der Waals surface area contributed by atoms with Crippen molar-refractivity contribution in [2.75, 3.05) is 20.6 Å². The first kappa shape index (κ1) is 15.6. The van der Waals surface area contributed by atoms with Gasteiger partial charge in [-0.25, -0.2) is 0 Å². The van der Waals surface area contributed by atoms with Gasteiger partial charge in [-0.15, -0.1) is 0 Å². The largest absolute Gasteiger partial charge is 0.363 e. The van der Waals surface area contributed by atoms with E-state index in [-0.39, 0.29) is 25.3 Å². The van der Waals surface area contributed by atoms with Crippen molar-refractivity contribution < 1.29 is 28.7 Å². The summed E-state index contributed by atoms with van der Waals surface area (Å²) >= 11 is 0. The van der Waals surface area contributed by atoms with Crippen molar-refractivity contribution in [3.63, 3.8) is 0 Å². The lowest BCUT2D eigenvalue weighted by molar-refractivity contribution is 0.241. The average Bonchev–Trinajstić information content (AvgIpc) is 2.58. The molecule has 5 N–H and O–H groups in total. The van der Waals surface area contributed by atoms with Gasteiger partial charge in [0.25, 0.3) is 0 Å². The quantitative estimate of drug-likeness (QED) is 0.263. The number of nitrogens with zero attached hydrogens (tertiary/aromatic N) is 2. The van der Waals surface area contributed by atoms with Gasteiger partial charge < -0.3 is 29.4 Å². The highest BCUT2D eigenvalue weighted by molar-refractivity contribution is 7.72. The van der Waals surface area contributed by atoms with Gasteiger partial charge in [0.2, 0.25) is 5.02 Å². The van der Waals surface area contributed by atoms with Gasteiger partial charge in [0.1, 0.15) is 0 Å². The number of rotatable bonds is 2. The summed E-state index contributed by atoms with van der Waals surface area (Å²) < 4.78 is 23.2. The summed E-state index contributed by atoms with van der Waals surface area (Å²) in [7, 11) is -7.31. The Morgan fingerprint density at radius 1 is 1.22 bits per heavy atom. The molecule has 0 radical (unpaired) electrons. The van der Waals surface area contributed by atoms with Crippen molar-refractivity contribution in [2.24, 2.45) is 0 Å². The van der Waals surface area contributed by atoms with E-state index >= 15 is 0 Å². The van der Waals surface area contributed by atoms with Crippen LogP contribution in [0, 0.1) is 5.41 Å². The highest BCUT2D eigenvalue weighted by Gasteiger charge is 2.66. The zero-order chi connectivity index (χ0) is 14.4. The standard InChI is InChI=1S/C7H17N3O6P2/c1-9(2)6(8)10-5-3-4-7(10,17(11,12)13)18(14,15)16/h8H,3-5H2,1-2H3,(H2,11,12,13)(H2,14,15,16). The second-order valence-corrected chi connectivity index (χ2v) is 8.34. The first-order valence-electron chi connectivity index (χ1n) is 5.10. The van der Waals surface area contributed by atoms with Crippen LogP contribution in [-0.2, 0) is 9.13 Å². The zero-order valence-corrected chi connectivity index (χ0v) is 11.8. The molecule has 106 valence electrons. The van der Waals surface area contributed by atoms with E-state index < -0.39 is 20.2 Å². The Balaban J connectivity index is 3.40. The van der Waals surface area contributed by atoms with Crippen LogP contribution in [0.2, 0.25) is 0 Å². The van der Waals surface area contributed by atoms with Gasteiger partial charge in [0.15, 0.2) is 5.96 Å². The smallest absolute Gasteiger partial charge is 0.349 e. The molecule has 11 heteroatoms. The number of nitrogens with one attached hydrogen (secondary N) is 1. The fourth-order valence-corrected chi connectivity index (χ4v) is 5.36. The molecule has 0 aromatic heterocycles. The SMILES string of the molecule is CN(C)C(=N)N1CCCC1(P(=O)(O)O)P(=O)(O)O. The predicted molar refractivity (Wildman–Crippen MR) is 64.2 cm³/mol. The Kier molecular flexibility index (Phi) is 3.99. The third-order valence-corrected chi connectivity index (χ3v) is 7.30. The molecular formula is C7H17N3O6P2. The van der Waals surface area contributed by atoms with Gasteiger partial charge in [-0.3, -0.25) is 14.5 Å². The highest BCUT2D eigenvalue weighted by atomic mass is 31.2. The molecule has 0 aliphatic carbocycles. The summed E-state index contributed by atoms with van der Waals surface area (Å²) in [5.41, 5.74) is 0. The second kappa shape index (κ2) is 4.59. The first-order chi connectivity index (χ1) is 7.95. The molecule has 0 spiro atoms. The minimum atomic E-state index is -5.12. The van der Waals surface area contributed by atoms with Crippen molar-refractivity contribution in [3.05, 3.63) is 0 Å². The van der Waals surface area contributed by atoms with E-state index in [0.717, 1.165) is 4.90 Å². The van der Waals surface area contributed by atoms with Crippen molar-refractivity contribution in [1.82, 2.24) is 9.80 Å². The van der Waals surface area contributed by atoms with E-state index in [2.05, 4.69) is 0 Å². The summed E-state index contributed by atoms with van der Waals surface area (Å²) in [6.07, 6.45) is -0.149. The van der Waals surface area contributed by atoms with Crippen LogP contribution in [0.25, 0.3) is 0 Å². The van der Waals surface area contributed by atoms with E-state index in [1.165, 1.54) is 19.0 Å². The summed E-state index contributed by atoms with van der Waals surface area (Å²) in [5, 5.41) is 5.11. The highest BCUT2D eigenvalue weighted by Crippen LogP contribution is 2.73. The maximum atomic E-state index is 11.6. The maximum Gasteiger partial charge on any atom is 0.363 e. The van der Waals surface area contributed by atoms with Crippen molar-refractivity contribution in [2.45, 2.75) is 17.9 Å². The molecule has 1 aliphatic heterocycles. The fraction of sp³-hybridized carbons (Fsp3) is 0.857. The lowest BCUT2D eigenvalue weighted by Gasteiger charge is -2.40. The third kappa shape index (κ3) is 2.22. The molecule has 0 aromatic carbocycles. The predicted octanol–water partition coefficient (Wildman–Crippen LogP) is -0.412. The summed E-state index contributed by atoms with van der Waals surface area (Å²) in [4.78, 5) is 39.5. The van der Waals surface area contributed by atoms with Crippen LogP contribution in [0.4, 0.5) is 0 Å². The molecule has 1 heterocycles. The number of hydrogen-bond donors (Lipinski definition) is 5. The fourth-order valence-electron chi connectivity index (χ4n) is 2.08. The molecule has 0 amide bonds. The first-order valence-corrected chi connectivity index (χ1v) is 8.32. The van der Waals surface area contributed by atoms with Crippen molar-refractivity contribution >= 4 is 21.2 Å². The minimum Gasteiger partial charge on any atom is -0.349 e. The lowest BCUT2D eigenvalue weighted by Crippen LogP contribution is -2.50. The van der Waals surface area contributed by atoms with Gasteiger partial charge in [0.05, 0.1) is 0 Å². The van der Waals surface area contributed by atoms with E-state index in [1.54, 1.807) is 0 Å². The number of hydrogen-bond acceptors (Lipinski definition) is 3. The molecular weight excluding hydrogens is 284 g/mol. The van der Waals surface area contributed by atoms with Gasteiger partial charge in [-0.2, -0.15) is 0 Å². The van der Waals surface area contributed by atoms with Crippen molar-refractivity contribution in [1.29, 1.82) is 5.41 Å². The summed E-state index contributed by atoms with van der Waals surface area (Å²) in [6.45, 7) is 0.0211. The second-order valence-electron chi connectivity index (χ2n) is 4.34. The Morgan fingerprint density at radius 2 is 1.67 bits per heavy atom. The third-order valence-electron chi connectivity index (χ3n) is 2.94. The van der Waals surface area contributed by atoms with E-state index in [9.17, 15) is 28.7 Å². The van der Waals surface area contributed by atoms with Gasteiger partial charge in [-0.05, 0) is 12.8 Å². The van der Waals surface area contributed by atoms with Gasteiger partial charge >= 0.3 is 15.2 Å². The van der Waals surface area contributed by atoms with Crippen molar-refractivity contribution in [3.8, 4) is 0 Å². The Hall–Kier alpha value is -0.430. The van der Waals surface area contributed by atoms with Crippen LogP contribution in [0.15, 0.2) is 0 Å². The normalized spacial score (nSPS) is 20.0. The Morgan fingerprint density at radius 3 is 2.00 bits per heavy atom. The van der Waals surface area contributed by atoms with E-state index in [0.29, 0.717) is 0 Å². The van der Waals surface area contributed by atoms with Crippen LogP contribution >= 0.6 is 15.2 Å². The Bertz CT molecular complexity index is 418. The van der Waals surface area contributed by atoms with Crippen LogP contribution in [0.1, 0.15) is 12.8 Å². The molecule has 0 saturated carbocycles. The monoisotopic (exact) mass is 301 g/mol. The molecule has 1 aliphatic rings. The molecule has 1 saturated heterocycles. The van der Waals surface area contributed by atoms with Crippen LogP contribution in [-0.4, -0.2) is 61.0 Å². The number of likely N-dealkylation sites (tertiary alicyclic amines) is 1. The van der Waals surface area contributed by atoms with Gasteiger partial charge in [0, 0.05) is 20.6 Å². The maximum absolute atomic E-state index is 11.6. The molecule has 1 fully saturated rings. The zero-order valence-electron chi connectivity index (χ0n) is 10.0. The van der Waals surface area contributed by atoms with Crippen LogP contribution < -0.4 is 0 Å². The topological polar surface area (TPSA) is 145 Å². The molecule has 9 nitrogen and oxygen atoms in total.